The van der Waals surface area contributed by atoms with Crippen molar-refractivity contribution in [3.05, 3.63) is 11.4 Å². The zero-order chi connectivity index (χ0) is 9.97. The molecule has 0 aliphatic carbocycles. The predicted octanol–water partition coefficient (Wildman–Crippen LogP) is 1.62. The molecule has 0 amide bonds. The highest BCUT2D eigenvalue weighted by Crippen LogP contribution is 2.20. The lowest BCUT2D eigenvalue weighted by molar-refractivity contribution is 0.0904. The summed E-state index contributed by atoms with van der Waals surface area (Å²) in [5.41, 5.74) is 3.33. The van der Waals surface area contributed by atoms with Gasteiger partial charge in [0, 0.05) is 19.3 Å². The van der Waals surface area contributed by atoms with Crippen molar-refractivity contribution >= 4 is 5.69 Å². The van der Waals surface area contributed by atoms with Gasteiger partial charge in [-0.05, 0) is 26.7 Å². The Morgan fingerprint density at radius 3 is 2.64 bits per heavy atom. The Morgan fingerprint density at radius 1 is 1.36 bits per heavy atom. The topological polar surface area (TPSA) is 49.9 Å². The molecule has 0 radical (unpaired) electrons. The second-order valence-electron chi connectivity index (χ2n) is 3.84. The minimum absolute atomic E-state index is 0.541. The molecule has 1 aromatic rings. The van der Waals surface area contributed by atoms with Gasteiger partial charge in [0.2, 0.25) is 0 Å². The van der Waals surface area contributed by atoms with Crippen LogP contribution in [0.4, 0.5) is 5.69 Å². The number of nitrogens with one attached hydrogen (secondary N) is 2. The lowest BCUT2D eigenvalue weighted by Crippen LogP contribution is -2.28. The van der Waals surface area contributed by atoms with Crippen LogP contribution in [0.15, 0.2) is 0 Å². The van der Waals surface area contributed by atoms with Crippen molar-refractivity contribution in [2.24, 2.45) is 0 Å². The Balaban J connectivity index is 2.02. The molecule has 0 spiro atoms. The first-order valence-electron chi connectivity index (χ1n) is 5.13. The Hall–Kier alpha value is -1.03. The molecule has 0 atom stereocenters. The van der Waals surface area contributed by atoms with E-state index in [2.05, 4.69) is 15.5 Å². The number of aromatic amines is 1. The molecule has 0 unspecified atom stereocenters. The maximum absolute atomic E-state index is 5.32. The third kappa shape index (κ3) is 1.90. The number of anilines is 1. The first-order chi connectivity index (χ1) is 6.77. The van der Waals surface area contributed by atoms with Crippen LogP contribution >= 0.6 is 0 Å². The van der Waals surface area contributed by atoms with E-state index in [1.54, 1.807) is 0 Å². The van der Waals surface area contributed by atoms with Crippen LogP contribution in [-0.2, 0) is 4.74 Å². The molecule has 1 aromatic heterocycles. The normalized spacial score (nSPS) is 18.4. The Kier molecular flexibility index (Phi) is 2.72. The van der Waals surface area contributed by atoms with Gasteiger partial charge in [0.15, 0.2) is 0 Å². The van der Waals surface area contributed by atoms with Crippen molar-refractivity contribution in [3.63, 3.8) is 0 Å². The molecular weight excluding hydrogens is 178 g/mol. The van der Waals surface area contributed by atoms with E-state index in [9.17, 15) is 0 Å². The first-order valence-corrected chi connectivity index (χ1v) is 5.13. The molecule has 1 aliphatic rings. The zero-order valence-corrected chi connectivity index (χ0v) is 8.76. The van der Waals surface area contributed by atoms with Gasteiger partial charge in [-0.2, -0.15) is 5.10 Å². The Morgan fingerprint density at radius 2 is 2.07 bits per heavy atom. The summed E-state index contributed by atoms with van der Waals surface area (Å²) in [7, 11) is 0. The monoisotopic (exact) mass is 195 g/mol. The van der Waals surface area contributed by atoms with Gasteiger partial charge in [-0.15, -0.1) is 0 Å². The van der Waals surface area contributed by atoms with Gasteiger partial charge in [0.1, 0.15) is 0 Å². The van der Waals surface area contributed by atoms with Gasteiger partial charge >= 0.3 is 0 Å². The van der Waals surface area contributed by atoms with Crippen LogP contribution in [0.25, 0.3) is 0 Å². The van der Waals surface area contributed by atoms with Crippen molar-refractivity contribution in [2.45, 2.75) is 32.7 Å². The molecule has 4 nitrogen and oxygen atoms in total. The van der Waals surface area contributed by atoms with Crippen LogP contribution in [0.1, 0.15) is 24.2 Å². The van der Waals surface area contributed by atoms with Gasteiger partial charge in [-0.1, -0.05) is 0 Å². The number of H-pyrrole nitrogens is 1. The summed E-state index contributed by atoms with van der Waals surface area (Å²) in [5, 5.41) is 10.7. The highest BCUT2D eigenvalue weighted by Gasteiger charge is 2.16. The maximum atomic E-state index is 5.32. The average Bonchev–Trinajstić information content (AvgIpc) is 2.51. The molecule has 4 heteroatoms. The smallest absolute Gasteiger partial charge is 0.0825 e. The number of hydrogen-bond acceptors (Lipinski definition) is 3. The molecule has 1 aliphatic heterocycles. The second kappa shape index (κ2) is 4.00. The number of nitrogens with zero attached hydrogens (tertiary/aromatic N) is 1. The summed E-state index contributed by atoms with van der Waals surface area (Å²) in [5.74, 6) is 0. The largest absolute Gasteiger partial charge is 0.381 e. The number of aromatic nitrogens is 2. The van der Waals surface area contributed by atoms with E-state index >= 15 is 0 Å². The minimum Gasteiger partial charge on any atom is -0.381 e. The quantitative estimate of drug-likeness (QED) is 0.754. The van der Waals surface area contributed by atoms with E-state index in [1.807, 2.05) is 13.8 Å². The van der Waals surface area contributed by atoms with Gasteiger partial charge in [0.25, 0.3) is 0 Å². The Bertz CT molecular complexity index is 283. The number of rotatable bonds is 2. The molecular formula is C10H17N3O. The Labute approximate surface area is 84.0 Å². The summed E-state index contributed by atoms with van der Waals surface area (Å²) < 4.78 is 5.32. The summed E-state index contributed by atoms with van der Waals surface area (Å²) >= 11 is 0. The summed E-state index contributed by atoms with van der Waals surface area (Å²) in [6.07, 6.45) is 2.17. The van der Waals surface area contributed by atoms with Crippen molar-refractivity contribution in [2.75, 3.05) is 18.5 Å². The summed E-state index contributed by atoms with van der Waals surface area (Å²) in [6.45, 7) is 5.80. The molecule has 0 bridgehead atoms. The van der Waals surface area contributed by atoms with Crippen LogP contribution in [-0.4, -0.2) is 29.5 Å². The van der Waals surface area contributed by atoms with Crippen LogP contribution in [0.2, 0.25) is 0 Å². The predicted molar refractivity (Wildman–Crippen MR) is 55.5 cm³/mol. The fraction of sp³-hybridized carbons (Fsp3) is 0.700. The fourth-order valence-electron chi connectivity index (χ4n) is 1.81. The summed E-state index contributed by atoms with van der Waals surface area (Å²) in [4.78, 5) is 0. The van der Waals surface area contributed by atoms with E-state index in [4.69, 9.17) is 4.74 Å². The van der Waals surface area contributed by atoms with E-state index in [1.165, 1.54) is 0 Å². The molecule has 1 saturated heterocycles. The number of ether oxygens (including phenoxy) is 1. The van der Waals surface area contributed by atoms with Gasteiger partial charge in [-0.3, -0.25) is 5.10 Å². The van der Waals surface area contributed by atoms with Crippen LogP contribution in [0.5, 0.6) is 0 Å². The molecule has 2 N–H and O–H groups in total. The standard InChI is InChI=1S/C10H17N3O/c1-7-10(8(2)13-12-7)11-9-3-5-14-6-4-9/h9,11H,3-6H2,1-2H3,(H,12,13). The minimum atomic E-state index is 0.541. The third-order valence-corrected chi connectivity index (χ3v) is 2.70. The highest BCUT2D eigenvalue weighted by atomic mass is 16.5. The molecule has 14 heavy (non-hydrogen) atoms. The van der Waals surface area contributed by atoms with Crippen LogP contribution < -0.4 is 5.32 Å². The van der Waals surface area contributed by atoms with Crippen molar-refractivity contribution in [1.29, 1.82) is 0 Å². The fourth-order valence-corrected chi connectivity index (χ4v) is 1.81. The average molecular weight is 195 g/mol. The molecule has 1 fully saturated rings. The number of hydrogen-bond donors (Lipinski definition) is 2. The molecule has 0 aromatic carbocycles. The van der Waals surface area contributed by atoms with Gasteiger partial charge in [0.05, 0.1) is 17.1 Å². The van der Waals surface area contributed by atoms with E-state index in [-0.39, 0.29) is 0 Å². The molecule has 2 heterocycles. The van der Waals surface area contributed by atoms with Crippen molar-refractivity contribution < 1.29 is 4.74 Å². The zero-order valence-electron chi connectivity index (χ0n) is 8.76. The van der Waals surface area contributed by atoms with E-state index in [0.29, 0.717) is 6.04 Å². The second-order valence-corrected chi connectivity index (χ2v) is 3.84. The van der Waals surface area contributed by atoms with E-state index < -0.39 is 0 Å². The number of aryl methyl sites for hydroxylation is 2. The van der Waals surface area contributed by atoms with Gasteiger partial charge in [-0.25, -0.2) is 0 Å². The molecule has 0 saturated carbocycles. The van der Waals surface area contributed by atoms with E-state index in [0.717, 1.165) is 43.1 Å². The molecule has 2 rings (SSSR count). The SMILES string of the molecule is Cc1n[nH]c(C)c1NC1CCOCC1. The lowest BCUT2D eigenvalue weighted by Gasteiger charge is -2.24. The first kappa shape index (κ1) is 9.52. The lowest BCUT2D eigenvalue weighted by atomic mass is 10.1. The summed E-state index contributed by atoms with van der Waals surface area (Å²) in [6, 6.07) is 0.541. The van der Waals surface area contributed by atoms with Gasteiger partial charge < -0.3 is 10.1 Å². The van der Waals surface area contributed by atoms with Crippen LogP contribution in [0.3, 0.4) is 0 Å². The van der Waals surface area contributed by atoms with Crippen LogP contribution in [0, 0.1) is 13.8 Å². The molecule has 78 valence electrons. The maximum Gasteiger partial charge on any atom is 0.0825 e. The highest BCUT2D eigenvalue weighted by molar-refractivity contribution is 5.52. The third-order valence-electron chi connectivity index (χ3n) is 2.70. The van der Waals surface area contributed by atoms with Crippen molar-refractivity contribution in [3.8, 4) is 0 Å². The van der Waals surface area contributed by atoms with Crippen molar-refractivity contribution in [1.82, 2.24) is 10.2 Å².